The number of rotatable bonds is 5. The van der Waals surface area contributed by atoms with Crippen molar-refractivity contribution in [1.29, 1.82) is 0 Å². The molecule has 10 aromatic carbocycles. The summed E-state index contributed by atoms with van der Waals surface area (Å²) in [5, 5.41) is 12.2. The van der Waals surface area contributed by atoms with Crippen molar-refractivity contribution in [2.75, 3.05) is 0 Å². The largest absolute Gasteiger partial charge is 0.292 e. The van der Waals surface area contributed by atoms with Crippen LogP contribution in [0.15, 0.2) is 212 Å². The van der Waals surface area contributed by atoms with Crippen molar-refractivity contribution in [3.05, 3.63) is 212 Å². The molecule has 0 fully saturated rings. The summed E-state index contributed by atoms with van der Waals surface area (Å²) in [6, 6.07) is 76.4. The van der Waals surface area contributed by atoms with Gasteiger partial charge in [0.25, 0.3) is 0 Å². The molecule has 0 unspecified atom stereocenters. The number of nitrogens with zero attached hydrogens (tertiary/aromatic N) is 3. The highest BCUT2D eigenvalue weighted by Crippen LogP contribution is 2.41. The van der Waals surface area contributed by atoms with Gasteiger partial charge in [0, 0.05) is 22.4 Å². The van der Waals surface area contributed by atoms with Crippen LogP contribution in [0.2, 0.25) is 0 Å². The molecule has 0 aliphatic rings. The summed E-state index contributed by atoms with van der Waals surface area (Å²) >= 11 is 0. The lowest BCUT2D eigenvalue weighted by Gasteiger charge is -2.16. The van der Waals surface area contributed by atoms with Crippen molar-refractivity contribution in [3.8, 4) is 50.7 Å². The minimum Gasteiger partial charge on any atom is -0.292 e. The Labute approximate surface area is 341 Å². The minimum absolute atomic E-state index is 0.915. The summed E-state index contributed by atoms with van der Waals surface area (Å²) in [5.74, 6) is 0.915. The van der Waals surface area contributed by atoms with E-state index in [4.69, 9.17) is 9.97 Å². The molecule has 0 amide bonds. The highest BCUT2D eigenvalue weighted by Gasteiger charge is 2.18. The van der Waals surface area contributed by atoms with Crippen LogP contribution < -0.4 is 0 Å². The Bertz CT molecular complexity index is 3480. The van der Waals surface area contributed by atoms with Gasteiger partial charge in [-0.25, -0.2) is 9.97 Å². The van der Waals surface area contributed by atoms with E-state index >= 15 is 0 Å². The van der Waals surface area contributed by atoms with E-state index in [0.29, 0.717) is 0 Å². The number of benzene rings is 10. The average Bonchev–Trinajstić information content (AvgIpc) is 3.70. The number of imidazole rings is 1. The molecule has 0 spiro atoms. The zero-order valence-corrected chi connectivity index (χ0v) is 32.0. The normalized spacial score (nSPS) is 11.7. The van der Waals surface area contributed by atoms with Crippen molar-refractivity contribution in [2.45, 2.75) is 0 Å². The van der Waals surface area contributed by atoms with Crippen LogP contribution in [0.4, 0.5) is 0 Å². The maximum absolute atomic E-state index is 5.52. The fourth-order valence-electron chi connectivity index (χ4n) is 9.12. The van der Waals surface area contributed by atoms with Crippen molar-refractivity contribution < 1.29 is 0 Å². The molecule has 0 atom stereocenters. The van der Waals surface area contributed by atoms with Crippen LogP contribution in [0.5, 0.6) is 0 Å². The Morgan fingerprint density at radius 1 is 0.305 bits per heavy atom. The van der Waals surface area contributed by atoms with Crippen molar-refractivity contribution in [3.63, 3.8) is 0 Å². The summed E-state index contributed by atoms with van der Waals surface area (Å²) in [6.45, 7) is 0. The Kier molecular flexibility index (Phi) is 7.54. The number of fused-ring (bicyclic) bond motifs is 8. The Morgan fingerprint density at radius 3 is 1.54 bits per heavy atom. The number of hydrogen-bond acceptors (Lipinski definition) is 2. The summed E-state index contributed by atoms with van der Waals surface area (Å²) in [7, 11) is 0. The average molecular weight is 750 g/mol. The number of pyridine rings is 1. The van der Waals surface area contributed by atoms with Gasteiger partial charge in [-0.15, -0.1) is 0 Å². The summed E-state index contributed by atoms with van der Waals surface area (Å²) < 4.78 is 2.28. The van der Waals surface area contributed by atoms with Crippen LogP contribution >= 0.6 is 0 Å². The summed E-state index contributed by atoms with van der Waals surface area (Å²) in [4.78, 5) is 10.7. The molecular formula is C56H35N3. The smallest absolute Gasteiger partial charge is 0.145 e. The van der Waals surface area contributed by atoms with E-state index in [1.54, 1.807) is 0 Å². The second-order valence-corrected chi connectivity index (χ2v) is 15.4. The van der Waals surface area contributed by atoms with Crippen molar-refractivity contribution in [2.24, 2.45) is 0 Å². The lowest BCUT2D eigenvalue weighted by molar-refractivity contribution is 1.10. The van der Waals surface area contributed by atoms with E-state index in [2.05, 4.69) is 217 Å². The zero-order chi connectivity index (χ0) is 38.9. The number of para-hydroxylation sites is 2. The van der Waals surface area contributed by atoms with Gasteiger partial charge in [0.05, 0.1) is 22.4 Å². The van der Waals surface area contributed by atoms with Gasteiger partial charge in [0.15, 0.2) is 0 Å². The summed E-state index contributed by atoms with van der Waals surface area (Å²) in [5.41, 5.74) is 10.5. The van der Waals surface area contributed by atoms with E-state index < -0.39 is 0 Å². The zero-order valence-electron chi connectivity index (χ0n) is 32.0. The van der Waals surface area contributed by atoms with Gasteiger partial charge in [-0.2, -0.15) is 0 Å². The van der Waals surface area contributed by atoms with Gasteiger partial charge >= 0.3 is 0 Å². The van der Waals surface area contributed by atoms with Gasteiger partial charge in [-0.1, -0.05) is 158 Å². The molecular weight excluding hydrogens is 715 g/mol. The third kappa shape index (κ3) is 5.51. The first-order chi connectivity index (χ1) is 29.2. The van der Waals surface area contributed by atoms with Gasteiger partial charge in [0.2, 0.25) is 0 Å². The molecule has 0 N–H and O–H groups in total. The Morgan fingerprint density at radius 2 is 0.831 bits per heavy atom. The quantitative estimate of drug-likeness (QED) is 0.164. The molecule has 2 aromatic heterocycles. The third-order valence-electron chi connectivity index (χ3n) is 11.9. The van der Waals surface area contributed by atoms with Gasteiger partial charge in [-0.05, 0) is 120 Å². The summed E-state index contributed by atoms with van der Waals surface area (Å²) in [6.07, 6.45) is 0. The van der Waals surface area contributed by atoms with E-state index in [1.165, 1.54) is 59.4 Å². The molecule has 0 aliphatic carbocycles. The lowest BCUT2D eigenvalue weighted by Crippen LogP contribution is -1.98. The molecule has 0 aliphatic heterocycles. The van der Waals surface area contributed by atoms with Gasteiger partial charge < -0.3 is 0 Å². The van der Waals surface area contributed by atoms with Crippen molar-refractivity contribution in [1.82, 2.24) is 14.5 Å². The number of hydrogen-bond donors (Lipinski definition) is 0. The number of aromatic nitrogens is 3. The molecule has 0 saturated carbocycles. The van der Waals surface area contributed by atoms with Gasteiger partial charge in [0.1, 0.15) is 5.82 Å². The SMILES string of the molecule is c1ccc2cc(-c3nc4ccccc4n3-c3ccc(-c4cc(-c5cc6ccccc6c6ccccc56)cc(-c5cc6ccccc6c6ccccc56)n4)cc3)ccc2c1. The maximum atomic E-state index is 5.52. The van der Waals surface area contributed by atoms with Crippen LogP contribution in [-0.4, -0.2) is 14.5 Å². The molecule has 0 bridgehead atoms. The first-order valence-corrected chi connectivity index (χ1v) is 20.1. The van der Waals surface area contributed by atoms with Crippen LogP contribution in [0.1, 0.15) is 0 Å². The Balaban J connectivity index is 1.07. The molecule has 0 radical (unpaired) electrons. The molecule has 0 saturated heterocycles. The first kappa shape index (κ1) is 33.3. The van der Waals surface area contributed by atoms with Crippen LogP contribution in [0.3, 0.4) is 0 Å². The fraction of sp³-hybridized carbons (Fsp3) is 0. The lowest BCUT2D eigenvalue weighted by atomic mass is 9.91. The minimum atomic E-state index is 0.915. The predicted molar refractivity (Wildman–Crippen MR) is 248 cm³/mol. The second-order valence-electron chi connectivity index (χ2n) is 15.4. The highest BCUT2D eigenvalue weighted by molar-refractivity contribution is 6.15. The highest BCUT2D eigenvalue weighted by atomic mass is 15.1. The third-order valence-corrected chi connectivity index (χ3v) is 11.9. The molecule has 12 aromatic rings. The maximum Gasteiger partial charge on any atom is 0.145 e. The van der Waals surface area contributed by atoms with E-state index in [1.807, 2.05) is 0 Å². The molecule has 2 heterocycles. The molecule has 59 heavy (non-hydrogen) atoms. The second kappa shape index (κ2) is 13.4. The first-order valence-electron chi connectivity index (χ1n) is 20.1. The van der Waals surface area contributed by atoms with E-state index in [-0.39, 0.29) is 0 Å². The van der Waals surface area contributed by atoms with E-state index in [9.17, 15) is 0 Å². The predicted octanol–water partition coefficient (Wildman–Crippen LogP) is 14.9. The Hall–Kier alpha value is -7.88. The monoisotopic (exact) mass is 749 g/mol. The van der Waals surface area contributed by atoms with Crippen LogP contribution in [-0.2, 0) is 0 Å². The molecule has 3 heteroatoms. The fourth-order valence-corrected chi connectivity index (χ4v) is 9.12. The molecule has 274 valence electrons. The van der Waals surface area contributed by atoms with Gasteiger partial charge in [-0.3, -0.25) is 4.57 Å². The standard InChI is InChI=1S/C56H35N3/c1-2-14-38-31-41(26-25-36(38)13-1)56-58-52-23-11-12-24-55(52)59(56)43-29-27-37(28-30-43)53-34-42(50-32-39-15-3-5-17-44(39)46-19-7-9-21-48(46)50)35-54(57-53)51-33-40-16-4-6-18-45(40)47-20-8-10-22-49(47)51/h1-35H. The van der Waals surface area contributed by atoms with E-state index in [0.717, 1.165) is 56.2 Å². The van der Waals surface area contributed by atoms with Crippen LogP contribution in [0, 0.1) is 0 Å². The molecule has 3 nitrogen and oxygen atoms in total. The van der Waals surface area contributed by atoms with Crippen LogP contribution in [0.25, 0.3) is 116 Å². The molecule has 12 rings (SSSR count). The van der Waals surface area contributed by atoms with Crippen molar-refractivity contribution >= 4 is 64.9 Å². The topological polar surface area (TPSA) is 30.7 Å².